The molecule has 1 unspecified atom stereocenters. The van der Waals surface area contributed by atoms with E-state index in [4.69, 9.17) is 10.5 Å². The highest BCUT2D eigenvalue weighted by atomic mass is 19.1. The average molecular weight is 278 g/mol. The second-order valence-electron chi connectivity index (χ2n) is 4.19. The highest BCUT2D eigenvalue weighted by Gasteiger charge is 2.29. The zero-order valence-corrected chi connectivity index (χ0v) is 11.2. The summed E-state index contributed by atoms with van der Waals surface area (Å²) in [6, 6.07) is 5.69. The number of benzene rings is 1. The van der Waals surface area contributed by atoms with Gasteiger partial charge in [0.2, 0.25) is 5.95 Å². The molecule has 1 heterocycles. The van der Waals surface area contributed by atoms with Crippen molar-refractivity contribution < 1.29 is 13.9 Å². The highest BCUT2D eigenvalue weighted by molar-refractivity contribution is 5.81. The number of aromatic nitrogens is 3. The molecule has 0 radical (unpaired) electrons. The zero-order valence-electron chi connectivity index (χ0n) is 11.2. The van der Waals surface area contributed by atoms with Gasteiger partial charge in [0.05, 0.1) is 6.61 Å². The van der Waals surface area contributed by atoms with E-state index < -0.39 is 17.7 Å². The lowest BCUT2D eigenvalue weighted by atomic mass is 9.98. The third-order valence-corrected chi connectivity index (χ3v) is 2.78. The first-order valence-corrected chi connectivity index (χ1v) is 6.11. The van der Waals surface area contributed by atoms with E-state index in [0.717, 1.165) is 0 Å². The van der Waals surface area contributed by atoms with Crippen molar-refractivity contribution in [3.8, 4) is 0 Å². The normalized spacial score (nSPS) is 12.2. The van der Waals surface area contributed by atoms with Crippen molar-refractivity contribution in [1.82, 2.24) is 14.8 Å². The molecule has 20 heavy (non-hydrogen) atoms. The standard InChI is InChI=1S/C13H15FN4O2/c1-3-20-12(19)10(8-5-4-6-9(14)7-8)11-16-13(15)18(2)17-11/h4-7,10H,3H2,1-2H3,(H2,15,16,17). The Balaban J connectivity index is 2.47. The Morgan fingerprint density at radius 1 is 1.55 bits per heavy atom. The Bertz CT molecular complexity index is 607. The summed E-state index contributed by atoms with van der Waals surface area (Å²) >= 11 is 0. The number of nitrogens with two attached hydrogens (primary N) is 1. The molecular weight excluding hydrogens is 263 g/mol. The van der Waals surface area contributed by atoms with Gasteiger partial charge >= 0.3 is 5.97 Å². The molecule has 0 spiro atoms. The molecule has 1 atom stereocenters. The molecule has 2 rings (SSSR count). The number of ether oxygens (including phenoxy) is 1. The molecule has 0 aliphatic carbocycles. The Morgan fingerprint density at radius 3 is 2.85 bits per heavy atom. The third-order valence-electron chi connectivity index (χ3n) is 2.78. The Kier molecular flexibility index (Phi) is 3.97. The molecule has 106 valence electrons. The van der Waals surface area contributed by atoms with E-state index in [0.29, 0.717) is 5.56 Å². The van der Waals surface area contributed by atoms with Crippen molar-refractivity contribution in [3.63, 3.8) is 0 Å². The summed E-state index contributed by atoms with van der Waals surface area (Å²) in [7, 11) is 1.61. The molecule has 2 aromatic rings. The van der Waals surface area contributed by atoms with Crippen LogP contribution in [-0.4, -0.2) is 27.3 Å². The molecule has 0 saturated heterocycles. The van der Waals surface area contributed by atoms with Crippen LogP contribution >= 0.6 is 0 Å². The number of nitrogens with zero attached hydrogens (tertiary/aromatic N) is 3. The van der Waals surface area contributed by atoms with Gasteiger partial charge in [0.15, 0.2) is 5.82 Å². The van der Waals surface area contributed by atoms with Gasteiger partial charge in [-0.2, -0.15) is 10.1 Å². The summed E-state index contributed by atoms with van der Waals surface area (Å²) in [6.07, 6.45) is 0. The quantitative estimate of drug-likeness (QED) is 0.850. The number of esters is 1. The lowest BCUT2D eigenvalue weighted by Crippen LogP contribution is -2.19. The van der Waals surface area contributed by atoms with E-state index >= 15 is 0 Å². The number of nitrogen functional groups attached to an aromatic ring is 1. The summed E-state index contributed by atoms with van der Waals surface area (Å²) in [6.45, 7) is 1.91. The first kappa shape index (κ1) is 14.0. The van der Waals surface area contributed by atoms with Crippen LogP contribution in [0.25, 0.3) is 0 Å². The second kappa shape index (κ2) is 5.68. The summed E-state index contributed by atoms with van der Waals surface area (Å²) in [5.41, 5.74) is 6.05. The maximum absolute atomic E-state index is 13.4. The molecule has 0 aliphatic rings. The SMILES string of the molecule is CCOC(=O)C(c1cccc(F)c1)c1nc(N)n(C)n1. The van der Waals surface area contributed by atoms with Gasteiger partial charge in [-0.05, 0) is 24.6 Å². The number of aryl methyl sites for hydroxylation is 1. The molecule has 0 bridgehead atoms. The van der Waals surface area contributed by atoms with E-state index in [2.05, 4.69) is 10.1 Å². The fourth-order valence-corrected chi connectivity index (χ4v) is 1.84. The molecule has 6 nitrogen and oxygen atoms in total. The zero-order chi connectivity index (χ0) is 14.7. The minimum atomic E-state index is -0.894. The molecular formula is C13H15FN4O2. The van der Waals surface area contributed by atoms with Crippen LogP contribution in [0.3, 0.4) is 0 Å². The minimum Gasteiger partial charge on any atom is -0.465 e. The average Bonchev–Trinajstić information content (AvgIpc) is 2.70. The first-order valence-electron chi connectivity index (χ1n) is 6.11. The van der Waals surface area contributed by atoms with E-state index in [-0.39, 0.29) is 18.4 Å². The Morgan fingerprint density at radius 2 is 2.30 bits per heavy atom. The maximum atomic E-state index is 13.4. The summed E-state index contributed by atoms with van der Waals surface area (Å²) < 4.78 is 19.7. The molecule has 1 aromatic heterocycles. The van der Waals surface area contributed by atoms with Crippen molar-refractivity contribution in [2.75, 3.05) is 12.3 Å². The first-order chi connectivity index (χ1) is 9.52. The summed E-state index contributed by atoms with van der Waals surface area (Å²) in [5, 5.41) is 4.08. The van der Waals surface area contributed by atoms with Gasteiger partial charge in [0, 0.05) is 7.05 Å². The Labute approximate surface area is 115 Å². The number of halogens is 1. The van der Waals surface area contributed by atoms with Crippen molar-refractivity contribution in [1.29, 1.82) is 0 Å². The number of carbonyl (C=O) groups excluding carboxylic acids is 1. The van der Waals surface area contributed by atoms with Crippen LogP contribution in [0.15, 0.2) is 24.3 Å². The van der Waals surface area contributed by atoms with Gasteiger partial charge < -0.3 is 10.5 Å². The number of carbonyl (C=O) groups is 1. The van der Waals surface area contributed by atoms with Crippen LogP contribution in [0.5, 0.6) is 0 Å². The van der Waals surface area contributed by atoms with Crippen molar-refractivity contribution in [2.24, 2.45) is 7.05 Å². The lowest BCUT2D eigenvalue weighted by molar-refractivity contribution is -0.144. The number of hydrogen-bond donors (Lipinski definition) is 1. The summed E-state index contributed by atoms with van der Waals surface area (Å²) in [4.78, 5) is 16.1. The van der Waals surface area contributed by atoms with Crippen LogP contribution in [0.2, 0.25) is 0 Å². The molecule has 1 aromatic carbocycles. The number of anilines is 1. The predicted octanol–water partition coefficient (Wildman–Crippen LogP) is 1.23. The lowest BCUT2D eigenvalue weighted by Gasteiger charge is -2.12. The van der Waals surface area contributed by atoms with Crippen LogP contribution < -0.4 is 5.73 Å². The van der Waals surface area contributed by atoms with E-state index in [9.17, 15) is 9.18 Å². The van der Waals surface area contributed by atoms with Gasteiger partial charge in [0.25, 0.3) is 0 Å². The van der Waals surface area contributed by atoms with E-state index in [1.165, 1.54) is 22.9 Å². The van der Waals surface area contributed by atoms with Crippen LogP contribution in [-0.2, 0) is 16.6 Å². The van der Waals surface area contributed by atoms with Gasteiger partial charge in [-0.15, -0.1) is 0 Å². The smallest absolute Gasteiger partial charge is 0.321 e. The molecule has 7 heteroatoms. The summed E-state index contributed by atoms with van der Waals surface area (Å²) in [5.74, 6) is -1.52. The van der Waals surface area contributed by atoms with Crippen molar-refractivity contribution in [2.45, 2.75) is 12.8 Å². The molecule has 0 aliphatic heterocycles. The van der Waals surface area contributed by atoms with Crippen molar-refractivity contribution >= 4 is 11.9 Å². The highest BCUT2D eigenvalue weighted by Crippen LogP contribution is 2.24. The molecule has 0 saturated carbocycles. The van der Waals surface area contributed by atoms with Gasteiger partial charge in [-0.25, -0.2) is 9.07 Å². The third kappa shape index (κ3) is 2.76. The van der Waals surface area contributed by atoms with Crippen molar-refractivity contribution in [3.05, 3.63) is 41.5 Å². The van der Waals surface area contributed by atoms with Gasteiger partial charge in [0.1, 0.15) is 11.7 Å². The molecule has 2 N–H and O–H groups in total. The van der Waals surface area contributed by atoms with Crippen LogP contribution in [0.1, 0.15) is 24.2 Å². The fourth-order valence-electron chi connectivity index (χ4n) is 1.84. The number of rotatable bonds is 4. The van der Waals surface area contributed by atoms with Crippen LogP contribution in [0.4, 0.5) is 10.3 Å². The Hall–Kier alpha value is -2.44. The minimum absolute atomic E-state index is 0.172. The maximum Gasteiger partial charge on any atom is 0.321 e. The monoisotopic (exact) mass is 278 g/mol. The molecule has 0 amide bonds. The van der Waals surface area contributed by atoms with Gasteiger partial charge in [-0.3, -0.25) is 4.79 Å². The molecule has 0 fully saturated rings. The number of hydrogen-bond acceptors (Lipinski definition) is 5. The van der Waals surface area contributed by atoms with E-state index in [1.807, 2.05) is 0 Å². The van der Waals surface area contributed by atoms with E-state index in [1.54, 1.807) is 20.0 Å². The predicted molar refractivity (Wildman–Crippen MR) is 70.3 cm³/mol. The topological polar surface area (TPSA) is 83.0 Å². The van der Waals surface area contributed by atoms with Gasteiger partial charge in [-0.1, -0.05) is 12.1 Å². The second-order valence-corrected chi connectivity index (χ2v) is 4.19. The van der Waals surface area contributed by atoms with Crippen LogP contribution in [0, 0.1) is 5.82 Å². The largest absolute Gasteiger partial charge is 0.465 e. The fraction of sp³-hybridized carbons (Fsp3) is 0.308.